The number of carbonyl (C=O) groups excluding carboxylic acids is 3. The highest BCUT2D eigenvalue weighted by molar-refractivity contribution is 7.99. The second-order valence-electron chi connectivity index (χ2n) is 7.30. The predicted octanol–water partition coefficient (Wildman–Crippen LogP) is 4.02. The van der Waals surface area contributed by atoms with E-state index in [-0.39, 0.29) is 40.3 Å². The quantitative estimate of drug-likeness (QED) is 0.379. The Hall–Kier alpha value is -2.40. The first-order valence-electron chi connectivity index (χ1n) is 10.7. The number of thiophene rings is 1. The summed E-state index contributed by atoms with van der Waals surface area (Å²) < 4.78 is 12.3. The molecule has 0 radical (unpaired) electrons. The van der Waals surface area contributed by atoms with Gasteiger partial charge in [-0.25, -0.2) is 9.59 Å². The first kappa shape index (κ1) is 24.2. The van der Waals surface area contributed by atoms with Crippen LogP contribution < -0.4 is 5.32 Å². The number of thioether (sulfide) groups is 1. The number of carbonyl (C=O) groups is 3. The Labute approximate surface area is 195 Å². The highest BCUT2D eigenvalue weighted by Gasteiger charge is 2.31. The topological polar surface area (TPSA) is 112 Å². The van der Waals surface area contributed by atoms with Gasteiger partial charge in [-0.2, -0.15) is 0 Å². The van der Waals surface area contributed by atoms with Gasteiger partial charge < -0.3 is 19.4 Å². The minimum Gasteiger partial charge on any atom is -0.462 e. The lowest BCUT2D eigenvalue weighted by Gasteiger charge is -2.09. The summed E-state index contributed by atoms with van der Waals surface area (Å²) in [6.07, 6.45) is 3.21. The van der Waals surface area contributed by atoms with Gasteiger partial charge in [-0.1, -0.05) is 18.7 Å². The van der Waals surface area contributed by atoms with E-state index in [0.29, 0.717) is 16.6 Å². The van der Waals surface area contributed by atoms with Crippen LogP contribution in [-0.4, -0.2) is 51.6 Å². The average Bonchev–Trinajstić information content (AvgIpc) is 3.44. The van der Waals surface area contributed by atoms with Crippen LogP contribution in [0.5, 0.6) is 0 Å². The number of nitrogens with zero attached hydrogens (tertiary/aromatic N) is 3. The van der Waals surface area contributed by atoms with E-state index in [4.69, 9.17) is 9.47 Å². The van der Waals surface area contributed by atoms with Gasteiger partial charge in [0.25, 0.3) is 0 Å². The van der Waals surface area contributed by atoms with E-state index in [1.807, 2.05) is 0 Å². The number of ether oxygens (including phenoxy) is 2. The minimum atomic E-state index is -0.587. The molecule has 2 aromatic heterocycles. The lowest BCUT2D eigenvalue weighted by molar-refractivity contribution is -0.113. The normalized spacial score (nSPS) is 13.1. The van der Waals surface area contributed by atoms with E-state index in [2.05, 4.69) is 27.0 Å². The third kappa shape index (κ3) is 5.50. The Kier molecular flexibility index (Phi) is 8.30. The van der Waals surface area contributed by atoms with Crippen molar-refractivity contribution in [3.63, 3.8) is 0 Å². The number of anilines is 1. The molecule has 0 atom stereocenters. The Morgan fingerprint density at radius 2 is 1.81 bits per heavy atom. The molecule has 1 aliphatic rings. The Bertz CT molecular complexity index is 997. The zero-order valence-corrected chi connectivity index (χ0v) is 20.4. The maximum atomic E-state index is 12.7. The van der Waals surface area contributed by atoms with Crippen LogP contribution in [0.2, 0.25) is 0 Å². The fourth-order valence-corrected chi connectivity index (χ4v) is 5.10. The first-order chi connectivity index (χ1) is 15.4. The van der Waals surface area contributed by atoms with Crippen LogP contribution >= 0.6 is 23.1 Å². The molecule has 1 saturated carbocycles. The van der Waals surface area contributed by atoms with Crippen LogP contribution in [0.15, 0.2) is 5.16 Å². The fraction of sp³-hybridized carbons (Fsp3) is 0.571. The van der Waals surface area contributed by atoms with E-state index >= 15 is 0 Å². The molecule has 0 bridgehead atoms. The second kappa shape index (κ2) is 11.0. The third-order valence-corrected chi connectivity index (χ3v) is 6.96. The standard InChI is InChI=1S/C21H28N4O5S2/c1-5-10-25-17(13-8-9-13)23-24-21(25)31-11-14(26)22-18-15(19(27)29-6-2)12(4)16(32-18)20(28)30-7-3/h13H,5-11H2,1-4H3,(H,22,26). The molecule has 0 unspecified atom stereocenters. The van der Waals surface area contributed by atoms with Crippen molar-refractivity contribution in [2.45, 2.75) is 64.6 Å². The smallest absolute Gasteiger partial charge is 0.348 e. The van der Waals surface area contributed by atoms with Crippen molar-refractivity contribution in [1.82, 2.24) is 14.8 Å². The van der Waals surface area contributed by atoms with Gasteiger partial charge in [0.2, 0.25) is 5.91 Å². The maximum Gasteiger partial charge on any atom is 0.348 e. The highest BCUT2D eigenvalue weighted by atomic mass is 32.2. The van der Waals surface area contributed by atoms with E-state index < -0.39 is 11.9 Å². The Balaban J connectivity index is 1.75. The molecule has 0 saturated heterocycles. The van der Waals surface area contributed by atoms with Gasteiger partial charge in [0, 0.05) is 12.5 Å². The van der Waals surface area contributed by atoms with Crippen molar-refractivity contribution in [2.75, 3.05) is 24.3 Å². The van der Waals surface area contributed by atoms with Crippen LogP contribution in [0.3, 0.4) is 0 Å². The molecule has 2 heterocycles. The molecular weight excluding hydrogens is 452 g/mol. The largest absolute Gasteiger partial charge is 0.462 e. The summed E-state index contributed by atoms with van der Waals surface area (Å²) in [6.45, 7) is 8.35. The summed E-state index contributed by atoms with van der Waals surface area (Å²) >= 11 is 2.32. The molecule has 1 amide bonds. The number of aromatic nitrogens is 3. The summed E-state index contributed by atoms with van der Waals surface area (Å²) in [5.74, 6) is 0.135. The van der Waals surface area contributed by atoms with E-state index in [1.165, 1.54) is 11.8 Å². The lowest BCUT2D eigenvalue weighted by Crippen LogP contribution is -2.17. The summed E-state index contributed by atoms with van der Waals surface area (Å²) in [6, 6.07) is 0. The molecule has 0 aliphatic heterocycles. The van der Waals surface area contributed by atoms with E-state index in [9.17, 15) is 14.4 Å². The fourth-order valence-electron chi connectivity index (χ4n) is 3.22. The zero-order chi connectivity index (χ0) is 23.3. The third-order valence-electron chi connectivity index (χ3n) is 4.81. The van der Waals surface area contributed by atoms with Crippen LogP contribution in [-0.2, 0) is 20.8 Å². The summed E-state index contributed by atoms with van der Waals surface area (Å²) in [5, 5.41) is 12.3. The van der Waals surface area contributed by atoms with Crippen molar-refractivity contribution < 1.29 is 23.9 Å². The van der Waals surface area contributed by atoms with Gasteiger partial charge in [0.15, 0.2) is 5.16 Å². The first-order valence-corrected chi connectivity index (χ1v) is 12.5. The van der Waals surface area contributed by atoms with Gasteiger partial charge in [0.05, 0.1) is 24.5 Å². The van der Waals surface area contributed by atoms with Gasteiger partial charge in [-0.3, -0.25) is 4.79 Å². The maximum absolute atomic E-state index is 12.7. The number of nitrogens with one attached hydrogen (secondary N) is 1. The molecule has 2 aromatic rings. The highest BCUT2D eigenvalue weighted by Crippen LogP contribution is 2.40. The van der Waals surface area contributed by atoms with Crippen molar-refractivity contribution in [2.24, 2.45) is 0 Å². The van der Waals surface area contributed by atoms with Crippen LogP contribution in [0, 0.1) is 6.92 Å². The lowest BCUT2D eigenvalue weighted by atomic mass is 10.1. The van der Waals surface area contributed by atoms with Crippen LogP contribution in [0.4, 0.5) is 5.00 Å². The van der Waals surface area contributed by atoms with Gasteiger partial charge in [0.1, 0.15) is 15.7 Å². The monoisotopic (exact) mass is 480 g/mol. The molecule has 32 heavy (non-hydrogen) atoms. The molecule has 3 rings (SSSR count). The number of amides is 1. The molecular formula is C21H28N4O5S2. The van der Waals surface area contributed by atoms with E-state index in [0.717, 1.165) is 43.0 Å². The van der Waals surface area contributed by atoms with Crippen molar-refractivity contribution in [3.05, 3.63) is 21.8 Å². The number of esters is 2. The molecule has 11 heteroatoms. The molecule has 1 N–H and O–H groups in total. The number of hydrogen-bond acceptors (Lipinski definition) is 9. The summed E-state index contributed by atoms with van der Waals surface area (Å²) in [5.41, 5.74) is 0.620. The Morgan fingerprint density at radius 3 is 2.44 bits per heavy atom. The van der Waals surface area contributed by atoms with Gasteiger partial charge in [-0.05, 0) is 45.6 Å². The molecule has 0 spiro atoms. The molecule has 0 aromatic carbocycles. The second-order valence-corrected chi connectivity index (χ2v) is 9.27. The molecule has 1 fully saturated rings. The van der Waals surface area contributed by atoms with E-state index in [1.54, 1.807) is 20.8 Å². The Morgan fingerprint density at radius 1 is 1.12 bits per heavy atom. The average molecular weight is 481 g/mol. The van der Waals surface area contributed by atoms with Crippen LogP contribution in [0.25, 0.3) is 0 Å². The van der Waals surface area contributed by atoms with Crippen LogP contribution in [0.1, 0.15) is 77.4 Å². The summed E-state index contributed by atoms with van der Waals surface area (Å²) in [4.78, 5) is 37.7. The molecule has 174 valence electrons. The van der Waals surface area contributed by atoms with Crippen molar-refractivity contribution in [3.8, 4) is 0 Å². The molecule has 1 aliphatic carbocycles. The summed E-state index contributed by atoms with van der Waals surface area (Å²) in [7, 11) is 0. The number of rotatable bonds is 11. The molecule has 9 nitrogen and oxygen atoms in total. The zero-order valence-electron chi connectivity index (χ0n) is 18.7. The van der Waals surface area contributed by atoms with Crippen molar-refractivity contribution >= 4 is 45.9 Å². The predicted molar refractivity (Wildman–Crippen MR) is 123 cm³/mol. The van der Waals surface area contributed by atoms with Gasteiger partial charge in [-0.15, -0.1) is 21.5 Å². The minimum absolute atomic E-state index is 0.0977. The van der Waals surface area contributed by atoms with Gasteiger partial charge >= 0.3 is 11.9 Å². The van der Waals surface area contributed by atoms with Crippen molar-refractivity contribution in [1.29, 1.82) is 0 Å². The number of hydrogen-bond donors (Lipinski definition) is 1. The SMILES string of the molecule is CCCn1c(SCC(=O)Nc2sc(C(=O)OCC)c(C)c2C(=O)OCC)nnc1C1CC1.